The predicted octanol–water partition coefficient (Wildman–Crippen LogP) is -0.689. The normalized spacial score (nSPS) is 16.4. The third kappa shape index (κ3) is 4.42. The molecule has 1 saturated heterocycles. The van der Waals surface area contributed by atoms with Crippen LogP contribution in [0, 0.1) is 0 Å². The quantitative estimate of drug-likeness (QED) is 0.608. The summed E-state index contributed by atoms with van der Waals surface area (Å²) < 4.78 is 0. The van der Waals surface area contributed by atoms with Gasteiger partial charge in [-0.25, -0.2) is 0 Å². The van der Waals surface area contributed by atoms with E-state index in [0.717, 1.165) is 12.8 Å². The van der Waals surface area contributed by atoms with E-state index in [9.17, 15) is 14.4 Å². The van der Waals surface area contributed by atoms with E-state index in [0.29, 0.717) is 26.2 Å². The van der Waals surface area contributed by atoms with Crippen LogP contribution < -0.4 is 11.1 Å². The number of carbonyl (C=O) groups is 3. The van der Waals surface area contributed by atoms with Gasteiger partial charge in [0.2, 0.25) is 5.91 Å². The van der Waals surface area contributed by atoms with Gasteiger partial charge < -0.3 is 20.9 Å². The van der Waals surface area contributed by atoms with Crippen LogP contribution >= 0.6 is 0 Å². The van der Waals surface area contributed by atoms with Crippen molar-refractivity contribution in [1.29, 1.82) is 0 Å². The third-order valence-corrected chi connectivity index (χ3v) is 4.16. The number of rotatable bonds is 7. The molecule has 0 radical (unpaired) electrons. The van der Waals surface area contributed by atoms with Crippen molar-refractivity contribution >= 4 is 17.7 Å². The molecule has 0 aromatic carbocycles. The molecule has 1 aliphatic heterocycles. The van der Waals surface area contributed by atoms with Crippen LogP contribution in [0.2, 0.25) is 0 Å². The molecule has 0 saturated carbocycles. The molecule has 21 heavy (non-hydrogen) atoms. The first-order valence-electron chi connectivity index (χ1n) is 7.50. The highest BCUT2D eigenvalue weighted by atomic mass is 16.2. The van der Waals surface area contributed by atoms with Gasteiger partial charge in [0.15, 0.2) is 0 Å². The van der Waals surface area contributed by atoms with Crippen molar-refractivity contribution in [3.05, 3.63) is 0 Å². The van der Waals surface area contributed by atoms with E-state index in [2.05, 4.69) is 5.32 Å². The van der Waals surface area contributed by atoms with Gasteiger partial charge in [0.1, 0.15) is 6.54 Å². The smallest absolute Gasteiger partial charge is 0.312 e. The van der Waals surface area contributed by atoms with Gasteiger partial charge in [0.05, 0.1) is 0 Å². The molecule has 0 aromatic rings. The molecule has 3 N–H and O–H groups in total. The Morgan fingerprint density at radius 3 is 2.19 bits per heavy atom. The van der Waals surface area contributed by atoms with Crippen molar-refractivity contribution in [3.8, 4) is 0 Å². The van der Waals surface area contributed by atoms with Gasteiger partial charge in [-0.2, -0.15) is 0 Å². The highest BCUT2D eigenvalue weighted by Gasteiger charge is 2.32. The number of nitrogens with zero attached hydrogens (tertiary/aromatic N) is 2. The number of carbonyl (C=O) groups excluding carboxylic acids is 3. The zero-order valence-corrected chi connectivity index (χ0v) is 13.1. The monoisotopic (exact) mass is 298 g/mol. The summed E-state index contributed by atoms with van der Waals surface area (Å²) in [6, 6.07) is 0. The van der Waals surface area contributed by atoms with Crippen molar-refractivity contribution in [3.63, 3.8) is 0 Å². The highest BCUT2D eigenvalue weighted by molar-refractivity contribution is 6.35. The number of nitrogens with one attached hydrogen (secondary N) is 1. The molecular weight excluding hydrogens is 272 g/mol. The Morgan fingerprint density at radius 1 is 1.14 bits per heavy atom. The third-order valence-electron chi connectivity index (χ3n) is 4.16. The maximum Gasteiger partial charge on any atom is 0.312 e. The second-order valence-electron chi connectivity index (χ2n) is 5.46. The van der Waals surface area contributed by atoms with Crippen LogP contribution in [0.15, 0.2) is 0 Å². The fourth-order valence-corrected chi connectivity index (χ4v) is 2.17. The maximum atomic E-state index is 11.9. The highest BCUT2D eigenvalue weighted by Crippen LogP contribution is 2.09. The fourth-order valence-electron chi connectivity index (χ4n) is 2.17. The summed E-state index contributed by atoms with van der Waals surface area (Å²) in [7, 11) is 0. The lowest BCUT2D eigenvalue weighted by atomic mass is 9.94. The molecule has 0 bridgehead atoms. The summed E-state index contributed by atoms with van der Waals surface area (Å²) in [5.74, 6) is -1.42. The predicted molar refractivity (Wildman–Crippen MR) is 79.3 cm³/mol. The topological polar surface area (TPSA) is 95.7 Å². The average molecular weight is 298 g/mol. The van der Waals surface area contributed by atoms with Crippen molar-refractivity contribution in [2.45, 2.75) is 39.2 Å². The number of hydrogen-bond acceptors (Lipinski definition) is 4. The van der Waals surface area contributed by atoms with Crippen LogP contribution in [0.25, 0.3) is 0 Å². The number of hydrogen-bond donors (Lipinski definition) is 2. The van der Waals surface area contributed by atoms with E-state index in [1.165, 1.54) is 9.80 Å². The zero-order valence-electron chi connectivity index (χ0n) is 13.1. The summed E-state index contributed by atoms with van der Waals surface area (Å²) in [5.41, 5.74) is 5.69. The first kappa shape index (κ1) is 17.4. The van der Waals surface area contributed by atoms with Gasteiger partial charge in [-0.3, -0.25) is 14.4 Å². The molecule has 1 heterocycles. The minimum Gasteiger partial charge on any atom is -0.353 e. The Balaban J connectivity index is 2.49. The second-order valence-corrected chi connectivity index (χ2v) is 5.46. The summed E-state index contributed by atoms with van der Waals surface area (Å²) in [4.78, 5) is 38.3. The van der Waals surface area contributed by atoms with Gasteiger partial charge in [0, 0.05) is 31.7 Å². The first-order chi connectivity index (χ1) is 9.86. The molecule has 7 nitrogen and oxygen atoms in total. The molecule has 1 fully saturated rings. The van der Waals surface area contributed by atoms with E-state index in [1.807, 2.05) is 20.8 Å². The number of nitrogens with two attached hydrogens (primary N) is 1. The lowest BCUT2D eigenvalue weighted by Gasteiger charge is -2.33. The molecular formula is C14H26N4O3. The number of likely N-dealkylation sites (N-methyl/N-ethyl adjacent to an activating group) is 1. The van der Waals surface area contributed by atoms with Crippen molar-refractivity contribution in [1.82, 2.24) is 15.1 Å². The van der Waals surface area contributed by atoms with E-state index in [4.69, 9.17) is 5.73 Å². The van der Waals surface area contributed by atoms with Crippen LogP contribution in [-0.4, -0.2) is 65.8 Å². The summed E-state index contributed by atoms with van der Waals surface area (Å²) in [6.07, 6.45) is 1.52. The van der Waals surface area contributed by atoms with Crippen LogP contribution in [0.3, 0.4) is 0 Å². The molecule has 0 aromatic heterocycles. The molecule has 0 atom stereocenters. The zero-order chi connectivity index (χ0) is 16.0. The van der Waals surface area contributed by atoms with Gasteiger partial charge in [-0.15, -0.1) is 0 Å². The Hall–Kier alpha value is -1.63. The Kier molecular flexibility index (Phi) is 6.14. The molecule has 0 unspecified atom stereocenters. The average Bonchev–Trinajstić information content (AvgIpc) is 2.50. The molecule has 3 amide bonds. The van der Waals surface area contributed by atoms with Gasteiger partial charge >= 0.3 is 11.8 Å². The van der Waals surface area contributed by atoms with Crippen LogP contribution in [0.5, 0.6) is 0 Å². The Bertz CT molecular complexity index is 407. The summed E-state index contributed by atoms with van der Waals surface area (Å²) in [5, 5.41) is 2.75. The van der Waals surface area contributed by atoms with Gasteiger partial charge in [-0.1, -0.05) is 13.8 Å². The standard InChI is InChI=1S/C14H26N4O3/c1-4-14(15,5-2)10-16-11(19)9-18-8-7-17(6-3)12(20)13(18)21/h4-10,15H2,1-3H3,(H,16,19). The fraction of sp³-hybridized carbons (Fsp3) is 0.786. The van der Waals surface area contributed by atoms with Crippen molar-refractivity contribution < 1.29 is 14.4 Å². The molecule has 0 spiro atoms. The van der Waals surface area contributed by atoms with E-state index in [1.54, 1.807) is 0 Å². The molecule has 1 rings (SSSR count). The molecule has 7 heteroatoms. The summed E-state index contributed by atoms with van der Waals surface area (Å²) in [6.45, 7) is 7.42. The molecule has 1 aliphatic rings. The lowest BCUT2D eigenvalue weighted by Crippen LogP contribution is -2.57. The van der Waals surface area contributed by atoms with Gasteiger partial charge in [-0.05, 0) is 19.8 Å². The largest absolute Gasteiger partial charge is 0.353 e. The minimum atomic E-state index is -0.608. The van der Waals surface area contributed by atoms with Crippen LogP contribution in [0.1, 0.15) is 33.6 Å². The van der Waals surface area contributed by atoms with Crippen molar-refractivity contribution in [2.24, 2.45) is 5.73 Å². The van der Waals surface area contributed by atoms with Gasteiger partial charge in [0.25, 0.3) is 0 Å². The molecule has 120 valence electrons. The Morgan fingerprint density at radius 2 is 1.67 bits per heavy atom. The SMILES string of the molecule is CCN1CCN(CC(=O)NCC(N)(CC)CC)C(=O)C1=O. The van der Waals surface area contributed by atoms with E-state index < -0.39 is 17.4 Å². The van der Waals surface area contributed by atoms with E-state index in [-0.39, 0.29) is 12.5 Å². The number of amides is 3. The first-order valence-corrected chi connectivity index (χ1v) is 7.50. The van der Waals surface area contributed by atoms with E-state index >= 15 is 0 Å². The Labute approximate surface area is 125 Å². The summed E-state index contributed by atoms with van der Waals surface area (Å²) >= 11 is 0. The van der Waals surface area contributed by atoms with Crippen molar-refractivity contribution in [2.75, 3.05) is 32.7 Å². The second kappa shape index (κ2) is 7.40. The minimum absolute atomic E-state index is 0.0916. The van der Waals surface area contributed by atoms with Crippen LogP contribution in [0.4, 0.5) is 0 Å². The lowest BCUT2D eigenvalue weighted by molar-refractivity contribution is -0.156. The van der Waals surface area contributed by atoms with Crippen LogP contribution in [-0.2, 0) is 14.4 Å². The molecule has 0 aliphatic carbocycles. The number of piperazine rings is 1. The maximum absolute atomic E-state index is 11.9.